The molecule has 0 bridgehead atoms. The Hall–Kier alpha value is -1.73. The van der Waals surface area contributed by atoms with E-state index < -0.39 is 0 Å². The lowest BCUT2D eigenvalue weighted by Crippen LogP contribution is -2.23. The molecule has 0 heterocycles. The topological polar surface area (TPSA) is 53.3 Å². The third-order valence-corrected chi connectivity index (χ3v) is 2.37. The summed E-state index contributed by atoms with van der Waals surface area (Å²) in [6, 6.07) is 6.79. The zero-order chi connectivity index (χ0) is 12.8. The molecule has 0 saturated carbocycles. The Morgan fingerprint density at radius 3 is 2.82 bits per heavy atom. The highest BCUT2D eigenvalue weighted by Gasteiger charge is 2.07. The highest BCUT2D eigenvalue weighted by molar-refractivity contribution is 6.30. The number of amides is 1. The molecule has 0 unspecified atom stereocenters. The number of halogens is 1. The van der Waals surface area contributed by atoms with Crippen LogP contribution >= 0.6 is 11.6 Å². The van der Waals surface area contributed by atoms with Crippen LogP contribution in [0.3, 0.4) is 0 Å². The first-order valence-corrected chi connectivity index (χ1v) is 5.45. The fraction of sp³-hybridized carbons (Fsp3) is 0.333. The lowest BCUT2D eigenvalue weighted by Gasteiger charge is -2.11. The van der Waals surface area contributed by atoms with Crippen molar-refractivity contribution in [3.05, 3.63) is 28.8 Å². The van der Waals surface area contributed by atoms with Crippen molar-refractivity contribution < 1.29 is 9.53 Å². The zero-order valence-electron chi connectivity index (χ0n) is 9.74. The number of rotatable bonds is 4. The molecule has 0 aliphatic rings. The highest BCUT2D eigenvalue weighted by atomic mass is 35.5. The Bertz CT molecular complexity index is 452. The second kappa shape index (κ2) is 6.12. The highest BCUT2D eigenvalue weighted by Crippen LogP contribution is 2.22. The van der Waals surface area contributed by atoms with Gasteiger partial charge < -0.3 is 9.64 Å². The van der Waals surface area contributed by atoms with Gasteiger partial charge in [-0.2, -0.15) is 5.26 Å². The first-order chi connectivity index (χ1) is 8.04. The minimum absolute atomic E-state index is 0.0227. The normalized spacial score (nSPS) is 9.53. The first kappa shape index (κ1) is 13.3. The van der Waals surface area contributed by atoms with Crippen molar-refractivity contribution in [2.24, 2.45) is 0 Å². The van der Waals surface area contributed by atoms with Crippen LogP contribution in [0.5, 0.6) is 5.75 Å². The molecule has 0 atom stereocenters. The number of nitriles is 1. The number of ether oxygens (including phenoxy) is 1. The summed E-state index contributed by atoms with van der Waals surface area (Å²) >= 11 is 5.80. The van der Waals surface area contributed by atoms with Gasteiger partial charge in [-0.3, -0.25) is 4.79 Å². The van der Waals surface area contributed by atoms with Gasteiger partial charge in [-0.25, -0.2) is 0 Å². The maximum absolute atomic E-state index is 11.3. The first-order valence-electron chi connectivity index (χ1n) is 5.07. The number of hydrogen-bond donors (Lipinski definition) is 0. The van der Waals surface area contributed by atoms with Gasteiger partial charge in [-0.15, -0.1) is 0 Å². The molecule has 0 aromatic heterocycles. The van der Waals surface area contributed by atoms with Gasteiger partial charge in [0.05, 0.1) is 18.6 Å². The lowest BCUT2D eigenvalue weighted by molar-refractivity contribution is -0.129. The molecule has 5 heteroatoms. The Morgan fingerprint density at radius 1 is 1.53 bits per heavy atom. The Kier molecular flexibility index (Phi) is 4.80. The van der Waals surface area contributed by atoms with Crippen LogP contribution < -0.4 is 4.74 Å². The van der Waals surface area contributed by atoms with E-state index in [1.54, 1.807) is 32.3 Å². The molecule has 1 amide bonds. The van der Waals surface area contributed by atoms with Gasteiger partial charge in [0.1, 0.15) is 11.8 Å². The quantitative estimate of drug-likeness (QED) is 0.824. The summed E-state index contributed by atoms with van der Waals surface area (Å²) in [4.78, 5) is 12.8. The van der Waals surface area contributed by atoms with Crippen LogP contribution in [-0.2, 0) is 4.79 Å². The molecule has 17 heavy (non-hydrogen) atoms. The van der Waals surface area contributed by atoms with E-state index in [-0.39, 0.29) is 18.9 Å². The fourth-order valence-corrected chi connectivity index (χ4v) is 1.34. The molecule has 0 spiro atoms. The molecule has 1 aromatic rings. The SMILES string of the molecule is CN(C)C(=O)CCOc1cc(Cl)ccc1C#N. The summed E-state index contributed by atoms with van der Waals surface area (Å²) in [6.07, 6.45) is 0.268. The van der Waals surface area contributed by atoms with E-state index >= 15 is 0 Å². The maximum Gasteiger partial charge on any atom is 0.225 e. The average Bonchev–Trinajstić information content (AvgIpc) is 2.29. The molecule has 0 N–H and O–H groups in total. The van der Waals surface area contributed by atoms with Crippen LogP contribution in [-0.4, -0.2) is 31.5 Å². The maximum atomic E-state index is 11.3. The minimum Gasteiger partial charge on any atom is -0.492 e. The second-order valence-corrected chi connectivity index (χ2v) is 4.08. The molecular weight excluding hydrogens is 240 g/mol. The van der Waals surface area contributed by atoms with Crippen molar-refractivity contribution in [3.63, 3.8) is 0 Å². The van der Waals surface area contributed by atoms with Gasteiger partial charge in [0.15, 0.2) is 0 Å². The van der Waals surface area contributed by atoms with E-state index in [4.69, 9.17) is 21.6 Å². The molecule has 0 aliphatic heterocycles. The summed E-state index contributed by atoms with van der Waals surface area (Å²) in [5.41, 5.74) is 0.409. The zero-order valence-corrected chi connectivity index (χ0v) is 10.5. The molecule has 1 aromatic carbocycles. The number of benzene rings is 1. The summed E-state index contributed by atoms with van der Waals surface area (Å²) in [5, 5.41) is 9.36. The summed E-state index contributed by atoms with van der Waals surface area (Å²) in [7, 11) is 3.37. The van der Waals surface area contributed by atoms with E-state index in [0.717, 1.165) is 0 Å². The van der Waals surface area contributed by atoms with E-state index in [0.29, 0.717) is 16.3 Å². The van der Waals surface area contributed by atoms with E-state index in [9.17, 15) is 4.79 Å². The Labute approximate surface area is 105 Å². The summed E-state index contributed by atoms with van der Waals surface area (Å²) in [5.74, 6) is 0.386. The molecule has 0 radical (unpaired) electrons. The van der Waals surface area contributed by atoms with Gasteiger partial charge in [0.2, 0.25) is 5.91 Å². The van der Waals surface area contributed by atoms with Crippen molar-refractivity contribution in [1.82, 2.24) is 4.90 Å². The van der Waals surface area contributed by atoms with Crippen LogP contribution in [0.4, 0.5) is 0 Å². The molecule has 90 valence electrons. The van der Waals surface area contributed by atoms with Crippen molar-refractivity contribution >= 4 is 17.5 Å². The molecule has 1 rings (SSSR count). The van der Waals surface area contributed by atoms with Crippen molar-refractivity contribution in [2.75, 3.05) is 20.7 Å². The molecular formula is C12H13ClN2O2. The van der Waals surface area contributed by atoms with Crippen molar-refractivity contribution in [1.29, 1.82) is 5.26 Å². The van der Waals surface area contributed by atoms with Gasteiger partial charge in [0.25, 0.3) is 0 Å². The smallest absolute Gasteiger partial charge is 0.225 e. The minimum atomic E-state index is -0.0227. The monoisotopic (exact) mass is 252 g/mol. The number of nitrogens with zero attached hydrogens (tertiary/aromatic N) is 2. The van der Waals surface area contributed by atoms with Crippen LogP contribution in [0.2, 0.25) is 5.02 Å². The predicted octanol–water partition coefficient (Wildman–Crippen LogP) is 2.07. The Morgan fingerprint density at radius 2 is 2.24 bits per heavy atom. The predicted molar refractivity (Wildman–Crippen MR) is 65.0 cm³/mol. The van der Waals surface area contributed by atoms with Gasteiger partial charge >= 0.3 is 0 Å². The van der Waals surface area contributed by atoms with E-state index in [1.165, 1.54) is 4.90 Å². The fourth-order valence-electron chi connectivity index (χ4n) is 1.18. The second-order valence-electron chi connectivity index (χ2n) is 3.64. The third-order valence-electron chi connectivity index (χ3n) is 2.14. The molecule has 0 fully saturated rings. The summed E-state index contributed by atoms with van der Waals surface area (Å²) in [6.45, 7) is 0.228. The van der Waals surface area contributed by atoms with E-state index in [1.807, 2.05) is 6.07 Å². The van der Waals surface area contributed by atoms with Gasteiger partial charge in [-0.05, 0) is 12.1 Å². The van der Waals surface area contributed by atoms with Gasteiger partial charge in [0, 0.05) is 25.2 Å². The molecule has 0 aliphatic carbocycles. The van der Waals surface area contributed by atoms with Crippen LogP contribution in [0.15, 0.2) is 18.2 Å². The number of carbonyl (C=O) groups excluding carboxylic acids is 1. The summed E-state index contributed by atoms with van der Waals surface area (Å²) < 4.78 is 5.38. The van der Waals surface area contributed by atoms with Crippen LogP contribution in [0.25, 0.3) is 0 Å². The molecule has 4 nitrogen and oxygen atoms in total. The number of carbonyl (C=O) groups is 1. The Balaban J connectivity index is 2.60. The lowest BCUT2D eigenvalue weighted by atomic mass is 10.2. The van der Waals surface area contributed by atoms with Crippen LogP contribution in [0.1, 0.15) is 12.0 Å². The van der Waals surface area contributed by atoms with Crippen molar-refractivity contribution in [3.8, 4) is 11.8 Å². The van der Waals surface area contributed by atoms with Crippen LogP contribution in [0, 0.1) is 11.3 Å². The average molecular weight is 253 g/mol. The van der Waals surface area contributed by atoms with Gasteiger partial charge in [-0.1, -0.05) is 11.6 Å². The third kappa shape index (κ3) is 3.97. The standard InChI is InChI=1S/C12H13ClN2O2/c1-15(2)12(16)5-6-17-11-7-10(13)4-3-9(11)8-14/h3-4,7H,5-6H2,1-2H3. The number of hydrogen-bond acceptors (Lipinski definition) is 3. The van der Waals surface area contributed by atoms with Crippen molar-refractivity contribution in [2.45, 2.75) is 6.42 Å². The van der Waals surface area contributed by atoms with E-state index in [2.05, 4.69) is 0 Å². The molecule has 0 saturated heterocycles. The largest absolute Gasteiger partial charge is 0.492 e.